The van der Waals surface area contributed by atoms with E-state index < -0.39 is 0 Å². The van der Waals surface area contributed by atoms with Gasteiger partial charge in [-0.1, -0.05) is 46.3 Å². The number of nitrogens with one attached hydrogen (secondary N) is 1. The van der Waals surface area contributed by atoms with E-state index in [4.69, 9.17) is 4.74 Å². The number of halogens is 1. The Morgan fingerprint density at radius 3 is 2.33 bits per heavy atom. The van der Waals surface area contributed by atoms with Gasteiger partial charge in [-0.3, -0.25) is 14.5 Å². The molecule has 0 bridgehead atoms. The van der Waals surface area contributed by atoms with Gasteiger partial charge in [-0.2, -0.15) is 0 Å². The predicted octanol–water partition coefficient (Wildman–Crippen LogP) is 3.24. The zero-order valence-corrected chi connectivity index (χ0v) is 18.8. The van der Waals surface area contributed by atoms with E-state index in [2.05, 4.69) is 26.1 Å². The fraction of sp³-hybridized carbons (Fsp3) is 0.391. The number of rotatable bonds is 8. The van der Waals surface area contributed by atoms with Crippen molar-refractivity contribution in [3.8, 4) is 5.75 Å². The van der Waals surface area contributed by atoms with Crippen LogP contribution in [-0.2, 0) is 9.59 Å². The smallest absolute Gasteiger partial charge is 0.225 e. The van der Waals surface area contributed by atoms with E-state index in [0.717, 1.165) is 35.4 Å². The van der Waals surface area contributed by atoms with Crippen LogP contribution in [0.3, 0.4) is 0 Å². The summed E-state index contributed by atoms with van der Waals surface area (Å²) in [5, 5.41) is 2.91. The standard InChI is InChI=1S/C23H28BrN3O3/c1-18(28)25-22(19-7-9-20(24)10-8-19)17-23(29)27-13-11-26(12-14-27)15-16-30-21-5-3-2-4-6-21/h2-10,22H,11-17H2,1H3,(H,25,28). The zero-order chi connectivity index (χ0) is 21.3. The summed E-state index contributed by atoms with van der Waals surface area (Å²) in [6, 6.07) is 17.2. The lowest BCUT2D eigenvalue weighted by Crippen LogP contribution is -2.50. The van der Waals surface area contributed by atoms with E-state index in [0.29, 0.717) is 19.7 Å². The number of hydrogen-bond acceptors (Lipinski definition) is 4. The molecular weight excluding hydrogens is 446 g/mol. The fourth-order valence-corrected chi connectivity index (χ4v) is 3.79. The second-order valence-electron chi connectivity index (χ2n) is 7.39. The molecule has 6 nitrogen and oxygen atoms in total. The third-order valence-electron chi connectivity index (χ3n) is 5.17. The largest absolute Gasteiger partial charge is 0.492 e. The van der Waals surface area contributed by atoms with Crippen molar-refractivity contribution in [2.24, 2.45) is 0 Å². The van der Waals surface area contributed by atoms with Gasteiger partial charge in [0.15, 0.2) is 0 Å². The van der Waals surface area contributed by atoms with E-state index in [1.807, 2.05) is 59.5 Å². The van der Waals surface area contributed by atoms with Crippen molar-refractivity contribution in [1.29, 1.82) is 0 Å². The topological polar surface area (TPSA) is 61.9 Å². The van der Waals surface area contributed by atoms with Crippen LogP contribution in [-0.4, -0.2) is 60.9 Å². The Kier molecular flexibility index (Phi) is 8.28. The van der Waals surface area contributed by atoms with Crippen molar-refractivity contribution < 1.29 is 14.3 Å². The lowest BCUT2D eigenvalue weighted by atomic mass is 10.0. The van der Waals surface area contributed by atoms with Gasteiger partial charge < -0.3 is 15.0 Å². The summed E-state index contributed by atoms with van der Waals surface area (Å²) in [7, 11) is 0. The summed E-state index contributed by atoms with van der Waals surface area (Å²) in [4.78, 5) is 28.7. The Balaban J connectivity index is 1.46. The van der Waals surface area contributed by atoms with Gasteiger partial charge in [0.05, 0.1) is 12.5 Å². The molecule has 160 valence electrons. The van der Waals surface area contributed by atoms with Gasteiger partial charge in [-0.15, -0.1) is 0 Å². The molecule has 2 amide bonds. The van der Waals surface area contributed by atoms with Crippen LogP contribution in [0.25, 0.3) is 0 Å². The number of carbonyl (C=O) groups excluding carboxylic acids is 2. The van der Waals surface area contributed by atoms with Gasteiger partial charge in [0, 0.05) is 44.1 Å². The molecule has 0 spiro atoms. The molecule has 7 heteroatoms. The molecule has 1 saturated heterocycles. The third-order valence-corrected chi connectivity index (χ3v) is 5.70. The van der Waals surface area contributed by atoms with Crippen LogP contribution in [0.1, 0.15) is 24.9 Å². The highest BCUT2D eigenvalue weighted by Crippen LogP contribution is 2.21. The number of ether oxygens (including phenoxy) is 1. The van der Waals surface area contributed by atoms with Crippen molar-refractivity contribution in [3.05, 3.63) is 64.6 Å². The summed E-state index contributed by atoms with van der Waals surface area (Å²) in [6.07, 6.45) is 0.262. The van der Waals surface area contributed by atoms with Crippen LogP contribution in [0.5, 0.6) is 5.75 Å². The highest BCUT2D eigenvalue weighted by atomic mass is 79.9. The van der Waals surface area contributed by atoms with Crippen molar-refractivity contribution in [2.75, 3.05) is 39.3 Å². The minimum atomic E-state index is -0.319. The number of nitrogens with zero attached hydrogens (tertiary/aromatic N) is 2. The molecule has 2 aromatic carbocycles. The molecule has 1 heterocycles. The molecule has 1 N–H and O–H groups in total. The lowest BCUT2D eigenvalue weighted by molar-refractivity contribution is -0.133. The van der Waals surface area contributed by atoms with Crippen molar-refractivity contribution in [1.82, 2.24) is 15.1 Å². The molecule has 30 heavy (non-hydrogen) atoms. The summed E-state index contributed by atoms with van der Waals surface area (Å²) in [6.45, 7) is 5.98. The molecule has 0 aromatic heterocycles. The second-order valence-corrected chi connectivity index (χ2v) is 8.31. The van der Waals surface area contributed by atoms with E-state index in [-0.39, 0.29) is 24.3 Å². The maximum absolute atomic E-state index is 12.9. The van der Waals surface area contributed by atoms with Gasteiger partial charge in [-0.05, 0) is 29.8 Å². The average molecular weight is 474 g/mol. The molecule has 1 unspecified atom stereocenters. The number of hydrogen-bond donors (Lipinski definition) is 1. The average Bonchev–Trinajstić information content (AvgIpc) is 2.75. The molecule has 1 aliphatic rings. The molecule has 0 aliphatic carbocycles. The fourth-order valence-electron chi connectivity index (χ4n) is 3.53. The van der Waals surface area contributed by atoms with Gasteiger partial charge in [0.2, 0.25) is 11.8 Å². The minimum absolute atomic E-state index is 0.0665. The van der Waals surface area contributed by atoms with Crippen LogP contribution in [0.2, 0.25) is 0 Å². The number of amides is 2. The summed E-state index contributed by atoms with van der Waals surface area (Å²) in [5.74, 6) is 0.805. The molecule has 3 rings (SSSR count). The molecule has 0 radical (unpaired) electrons. The zero-order valence-electron chi connectivity index (χ0n) is 17.2. The van der Waals surface area contributed by atoms with Crippen LogP contribution >= 0.6 is 15.9 Å². The number of piperazine rings is 1. The number of benzene rings is 2. The monoisotopic (exact) mass is 473 g/mol. The summed E-state index contributed by atoms with van der Waals surface area (Å²) < 4.78 is 6.73. The van der Waals surface area contributed by atoms with Gasteiger partial charge in [-0.25, -0.2) is 0 Å². The van der Waals surface area contributed by atoms with E-state index in [1.165, 1.54) is 6.92 Å². The molecule has 1 fully saturated rings. The third kappa shape index (κ3) is 6.85. The number of carbonyl (C=O) groups is 2. The van der Waals surface area contributed by atoms with Crippen LogP contribution in [0, 0.1) is 0 Å². The van der Waals surface area contributed by atoms with Gasteiger partial charge >= 0.3 is 0 Å². The van der Waals surface area contributed by atoms with Gasteiger partial charge in [0.1, 0.15) is 12.4 Å². The van der Waals surface area contributed by atoms with Gasteiger partial charge in [0.25, 0.3) is 0 Å². The first-order valence-corrected chi connectivity index (χ1v) is 11.0. The first kappa shape index (κ1) is 22.3. The highest BCUT2D eigenvalue weighted by molar-refractivity contribution is 9.10. The maximum atomic E-state index is 12.9. The minimum Gasteiger partial charge on any atom is -0.492 e. The predicted molar refractivity (Wildman–Crippen MR) is 120 cm³/mol. The lowest BCUT2D eigenvalue weighted by Gasteiger charge is -2.35. The quantitative estimate of drug-likeness (QED) is 0.639. The Labute approximate surface area is 186 Å². The van der Waals surface area contributed by atoms with Crippen molar-refractivity contribution in [3.63, 3.8) is 0 Å². The Morgan fingerprint density at radius 2 is 1.70 bits per heavy atom. The molecule has 1 atom stereocenters. The van der Waals surface area contributed by atoms with E-state index in [1.54, 1.807) is 0 Å². The maximum Gasteiger partial charge on any atom is 0.225 e. The van der Waals surface area contributed by atoms with E-state index >= 15 is 0 Å². The SMILES string of the molecule is CC(=O)NC(CC(=O)N1CCN(CCOc2ccccc2)CC1)c1ccc(Br)cc1. The number of para-hydroxylation sites is 1. The first-order chi connectivity index (χ1) is 14.5. The first-order valence-electron chi connectivity index (χ1n) is 10.2. The second kappa shape index (κ2) is 11.1. The van der Waals surface area contributed by atoms with Crippen molar-refractivity contribution >= 4 is 27.7 Å². The van der Waals surface area contributed by atoms with Crippen LogP contribution < -0.4 is 10.1 Å². The van der Waals surface area contributed by atoms with E-state index in [9.17, 15) is 9.59 Å². The normalized spacial score (nSPS) is 15.5. The Hall–Kier alpha value is -2.38. The molecule has 1 aliphatic heterocycles. The van der Waals surface area contributed by atoms with Crippen molar-refractivity contribution in [2.45, 2.75) is 19.4 Å². The molecule has 2 aromatic rings. The van der Waals surface area contributed by atoms with Crippen LogP contribution in [0.15, 0.2) is 59.1 Å². The summed E-state index contributed by atoms with van der Waals surface area (Å²) >= 11 is 3.42. The molecule has 0 saturated carbocycles. The summed E-state index contributed by atoms with van der Waals surface area (Å²) in [5.41, 5.74) is 0.929. The highest BCUT2D eigenvalue weighted by Gasteiger charge is 2.24. The molecular formula is C23H28BrN3O3. The van der Waals surface area contributed by atoms with Crippen LogP contribution in [0.4, 0.5) is 0 Å². The Bertz CT molecular complexity index is 821. The Morgan fingerprint density at radius 1 is 1.03 bits per heavy atom.